The van der Waals surface area contributed by atoms with Gasteiger partial charge in [-0.1, -0.05) is 47.8 Å². The van der Waals surface area contributed by atoms with Crippen molar-refractivity contribution >= 4 is 57.4 Å². The Labute approximate surface area is 187 Å². The van der Waals surface area contributed by atoms with Crippen LogP contribution in [0.15, 0.2) is 58.8 Å². The number of thioether (sulfide) groups is 2. The number of fused-ring (bicyclic) bond motifs is 2. The maximum atomic E-state index is 12.2. The number of hydrogen-bond acceptors (Lipinski definition) is 6. The molecular weight excluding hydrogens is 432 g/mol. The minimum absolute atomic E-state index is 0.108. The van der Waals surface area contributed by atoms with Gasteiger partial charge in [-0.2, -0.15) is 0 Å². The van der Waals surface area contributed by atoms with Gasteiger partial charge in [-0.25, -0.2) is 9.97 Å². The quantitative estimate of drug-likeness (QED) is 0.289. The highest BCUT2D eigenvalue weighted by atomic mass is 32.2. The van der Waals surface area contributed by atoms with Crippen LogP contribution in [0.1, 0.15) is 6.92 Å². The molecular formula is C21H22N6O2S2. The molecule has 31 heavy (non-hydrogen) atoms. The lowest BCUT2D eigenvalue weighted by molar-refractivity contribution is -0.121. The number of para-hydroxylation sites is 4. The lowest BCUT2D eigenvalue weighted by Gasteiger charge is -2.14. The number of carbonyl (C=O) groups is 2. The molecule has 1 atom stereocenters. The van der Waals surface area contributed by atoms with Gasteiger partial charge in [-0.3, -0.25) is 9.59 Å². The van der Waals surface area contributed by atoms with Gasteiger partial charge in [0.05, 0.1) is 33.6 Å². The van der Waals surface area contributed by atoms with Crippen molar-refractivity contribution in [2.45, 2.75) is 23.3 Å². The summed E-state index contributed by atoms with van der Waals surface area (Å²) in [6.07, 6.45) is 0. The Bertz CT molecular complexity index is 1140. The van der Waals surface area contributed by atoms with Gasteiger partial charge >= 0.3 is 0 Å². The van der Waals surface area contributed by atoms with Gasteiger partial charge in [0.15, 0.2) is 10.3 Å². The second-order valence-corrected chi connectivity index (χ2v) is 8.90. The first-order valence-electron chi connectivity index (χ1n) is 9.78. The van der Waals surface area contributed by atoms with Crippen LogP contribution >= 0.6 is 23.5 Å². The summed E-state index contributed by atoms with van der Waals surface area (Å²) in [6, 6.07) is 15.3. The van der Waals surface area contributed by atoms with Gasteiger partial charge in [-0.15, -0.1) is 0 Å². The molecule has 0 aliphatic heterocycles. The van der Waals surface area contributed by atoms with E-state index < -0.39 is 0 Å². The van der Waals surface area contributed by atoms with E-state index in [2.05, 4.69) is 30.6 Å². The van der Waals surface area contributed by atoms with Gasteiger partial charge in [-0.05, 0) is 31.2 Å². The van der Waals surface area contributed by atoms with Crippen molar-refractivity contribution in [2.75, 3.05) is 18.1 Å². The molecule has 160 valence electrons. The number of nitrogens with one attached hydrogen (secondary N) is 4. The zero-order chi connectivity index (χ0) is 21.6. The molecule has 4 aromatic rings. The molecule has 0 saturated carbocycles. The SMILES string of the molecule is CC(CNC(=O)CSc1nc2ccccc2[nH]1)NC(=O)CSc1nc2ccccc2[nH]1. The summed E-state index contributed by atoms with van der Waals surface area (Å²) >= 11 is 2.70. The van der Waals surface area contributed by atoms with Gasteiger partial charge in [0.2, 0.25) is 11.8 Å². The number of imidazole rings is 2. The van der Waals surface area contributed by atoms with Gasteiger partial charge in [0.1, 0.15) is 0 Å². The number of rotatable bonds is 9. The van der Waals surface area contributed by atoms with Crippen molar-refractivity contribution in [1.29, 1.82) is 0 Å². The Hall–Kier alpha value is -2.98. The number of hydrogen-bond donors (Lipinski definition) is 4. The van der Waals surface area contributed by atoms with Crippen LogP contribution in [-0.4, -0.2) is 55.8 Å². The minimum atomic E-state index is -0.177. The third kappa shape index (κ3) is 5.80. The van der Waals surface area contributed by atoms with E-state index >= 15 is 0 Å². The number of H-pyrrole nitrogens is 2. The predicted molar refractivity (Wildman–Crippen MR) is 124 cm³/mol. The number of nitrogens with zero attached hydrogens (tertiary/aromatic N) is 2. The molecule has 1 unspecified atom stereocenters. The van der Waals surface area contributed by atoms with E-state index in [1.54, 1.807) is 0 Å². The Morgan fingerprint density at radius 2 is 1.39 bits per heavy atom. The molecule has 8 nitrogen and oxygen atoms in total. The summed E-state index contributed by atoms with van der Waals surface area (Å²) in [7, 11) is 0. The lowest BCUT2D eigenvalue weighted by atomic mass is 10.3. The zero-order valence-electron chi connectivity index (χ0n) is 16.8. The molecule has 2 heterocycles. The third-order valence-electron chi connectivity index (χ3n) is 4.43. The molecule has 2 aromatic heterocycles. The zero-order valence-corrected chi connectivity index (χ0v) is 18.5. The van der Waals surface area contributed by atoms with Crippen LogP contribution in [0.2, 0.25) is 0 Å². The van der Waals surface area contributed by atoms with Crippen LogP contribution in [0.5, 0.6) is 0 Å². The maximum absolute atomic E-state index is 12.2. The number of aromatic amines is 2. The van der Waals surface area contributed by atoms with Gasteiger partial charge < -0.3 is 20.6 Å². The molecule has 0 fully saturated rings. The largest absolute Gasteiger partial charge is 0.353 e. The second-order valence-electron chi connectivity index (χ2n) is 6.97. The predicted octanol–water partition coefficient (Wildman–Crippen LogP) is 2.94. The molecule has 0 radical (unpaired) electrons. The molecule has 0 saturated heterocycles. The fourth-order valence-electron chi connectivity index (χ4n) is 2.95. The Morgan fingerprint density at radius 1 is 0.871 bits per heavy atom. The van der Waals surface area contributed by atoms with Crippen LogP contribution in [0.3, 0.4) is 0 Å². The first-order chi connectivity index (χ1) is 15.1. The van der Waals surface area contributed by atoms with Crippen molar-refractivity contribution in [2.24, 2.45) is 0 Å². The van der Waals surface area contributed by atoms with Crippen molar-refractivity contribution < 1.29 is 9.59 Å². The first kappa shape index (κ1) is 21.3. The minimum Gasteiger partial charge on any atom is -0.353 e. The van der Waals surface area contributed by atoms with Gasteiger partial charge in [0, 0.05) is 12.6 Å². The molecule has 2 amide bonds. The van der Waals surface area contributed by atoms with Crippen LogP contribution in [0.4, 0.5) is 0 Å². The third-order valence-corrected chi connectivity index (χ3v) is 6.17. The summed E-state index contributed by atoms with van der Waals surface area (Å²) < 4.78 is 0. The molecule has 0 aliphatic rings. The summed E-state index contributed by atoms with van der Waals surface area (Å²) in [5.74, 6) is 0.287. The molecule has 0 aliphatic carbocycles. The van der Waals surface area contributed by atoms with E-state index in [0.717, 1.165) is 22.1 Å². The average Bonchev–Trinajstić information content (AvgIpc) is 3.38. The molecule has 0 spiro atoms. The van der Waals surface area contributed by atoms with Crippen molar-refractivity contribution in [3.05, 3.63) is 48.5 Å². The summed E-state index contributed by atoms with van der Waals surface area (Å²) in [6.45, 7) is 2.22. The lowest BCUT2D eigenvalue weighted by Crippen LogP contribution is -2.42. The fourth-order valence-corrected chi connectivity index (χ4v) is 4.36. The second kappa shape index (κ2) is 9.88. The van der Waals surface area contributed by atoms with E-state index in [1.165, 1.54) is 23.5 Å². The number of amides is 2. The van der Waals surface area contributed by atoms with Gasteiger partial charge in [0.25, 0.3) is 0 Å². The Balaban J connectivity index is 1.15. The first-order valence-corrected chi connectivity index (χ1v) is 11.7. The summed E-state index contributed by atoms with van der Waals surface area (Å²) in [4.78, 5) is 39.5. The van der Waals surface area contributed by atoms with Crippen molar-refractivity contribution in [3.63, 3.8) is 0 Å². The standard InChI is InChI=1S/C21H22N6O2S2/c1-13(23-19(29)12-31-21-26-16-8-4-5-9-17(16)27-21)10-22-18(28)11-30-20-24-14-6-2-3-7-15(14)25-20/h2-9,13H,10-12H2,1H3,(H,22,28)(H,23,29)(H,24,25)(H,26,27). The Morgan fingerprint density at radius 3 is 1.94 bits per heavy atom. The van der Waals surface area contributed by atoms with E-state index in [9.17, 15) is 9.59 Å². The molecule has 0 bridgehead atoms. The number of aromatic nitrogens is 4. The van der Waals surface area contributed by atoms with Crippen molar-refractivity contribution in [3.8, 4) is 0 Å². The average molecular weight is 455 g/mol. The van der Waals surface area contributed by atoms with Crippen LogP contribution in [0.25, 0.3) is 22.1 Å². The Kier molecular flexibility index (Phi) is 6.78. The highest BCUT2D eigenvalue weighted by Gasteiger charge is 2.12. The molecule has 2 aromatic carbocycles. The number of benzene rings is 2. The highest BCUT2D eigenvalue weighted by Crippen LogP contribution is 2.19. The highest BCUT2D eigenvalue weighted by molar-refractivity contribution is 8.00. The summed E-state index contributed by atoms with van der Waals surface area (Å²) in [5.41, 5.74) is 3.65. The molecule has 10 heteroatoms. The number of carbonyl (C=O) groups excluding carboxylic acids is 2. The van der Waals surface area contributed by atoms with Crippen LogP contribution < -0.4 is 10.6 Å². The van der Waals surface area contributed by atoms with Crippen molar-refractivity contribution in [1.82, 2.24) is 30.6 Å². The maximum Gasteiger partial charge on any atom is 0.230 e. The van der Waals surface area contributed by atoms with Crippen LogP contribution in [0, 0.1) is 0 Å². The normalized spacial score (nSPS) is 12.2. The smallest absolute Gasteiger partial charge is 0.230 e. The van der Waals surface area contributed by atoms with E-state index in [-0.39, 0.29) is 29.4 Å². The fraction of sp³-hybridized carbons (Fsp3) is 0.238. The van der Waals surface area contributed by atoms with E-state index in [4.69, 9.17) is 0 Å². The topological polar surface area (TPSA) is 116 Å². The molecule has 4 N–H and O–H groups in total. The summed E-state index contributed by atoms with van der Waals surface area (Å²) in [5, 5.41) is 7.15. The van der Waals surface area contributed by atoms with E-state index in [0.29, 0.717) is 16.9 Å². The monoisotopic (exact) mass is 454 g/mol. The van der Waals surface area contributed by atoms with E-state index in [1.807, 2.05) is 55.5 Å². The molecule has 4 rings (SSSR count). The van der Waals surface area contributed by atoms with Crippen LogP contribution in [-0.2, 0) is 9.59 Å².